The van der Waals surface area contributed by atoms with Crippen LogP contribution in [0.15, 0.2) is 60.2 Å². The number of aromatic nitrogens is 1. The summed E-state index contributed by atoms with van der Waals surface area (Å²) in [5.41, 5.74) is 4.16. The smallest absolute Gasteiger partial charge is 0.335 e. The Bertz CT molecular complexity index is 1370. The minimum absolute atomic E-state index is 0.148. The van der Waals surface area contributed by atoms with E-state index in [0.29, 0.717) is 22.6 Å². The van der Waals surface area contributed by atoms with Gasteiger partial charge in [0.05, 0.1) is 11.3 Å². The number of carboxylic acid groups (broad SMARTS) is 1. The van der Waals surface area contributed by atoms with Crippen LogP contribution in [0.4, 0.5) is 10.5 Å². The van der Waals surface area contributed by atoms with Crippen LogP contribution in [0.25, 0.3) is 11.8 Å². The summed E-state index contributed by atoms with van der Waals surface area (Å²) >= 11 is 0. The van der Waals surface area contributed by atoms with E-state index in [2.05, 4.69) is 5.32 Å². The maximum Gasteiger partial charge on any atom is 0.335 e. The summed E-state index contributed by atoms with van der Waals surface area (Å²) in [6.45, 7) is 5.66. The molecule has 1 aromatic heterocycles. The zero-order chi connectivity index (χ0) is 24.6. The molecular weight excluding hydrogens is 434 g/mol. The first-order valence-corrected chi connectivity index (χ1v) is 10.7. The third-order valence-corrected chi connectivity index (χ3v) is 5.83. The predicted octanol–water partition coefficient (Wildman–Crippen LogP) is 4.02. The molecule has 8 nitrogen and oxygen atoms in total. The molecule has 1 aliphatic rings. The van der Waals surface area contributed by atoms with Crippen molar-refractivity contribution in [1.29, 1.82) is 0 Å². The number of hydrogen-bond acceptors (Lipinski definition) is 4. The van der Waals surface area contributed by atoms with Crippen LogP contribution >= 0.6 is 0 Å². The molecule has 34 heavy (non-hydrogen) atoms. The quantitative estimate of drug-likeness (QED) is 0.444. The fraction of sp³-hybridized carbons (Fsp3) is 0.154. The number of barbiturate groups is 1. The number of hydrogen-bond donors (Lipinski definition) is 2. The fourth-order valence-electron chi connectivity index (χ4n) is 4.04. The molecule has 0 atom stereocenters. The number of benzene rings is 2. The molecule has 1 aliphatic heterocycles. The highest BCUT2D eigenvalue weighted by atomic mass is 16.4. The van der Waals surface area contributed by atoms with Gasteiger partial charge < -0.3 is 9.67 Å². The van der Waals surface area contributed by atoms with Gasteiger partial charge in [-0.2, -0.15) is 0 Å². The van der Waals surface area contributed by atoms with Gasteiger partial charge >= 0.3 is 12.0 Å². The molecule has 2 N–H and O–H groups in total. The number of aromatic carboxylic acids is 1. The average Bonchev–Trinajstić information content (AvgIpc) is 3.09. The van der Waals surface area contributed by atoms with Crippen molar-refractivity contribution in [3.8, 4) is 5.69 Å². The van der Waals surface area contributed by atoms with E-state index in [1.807, 2.05) is 37.5 Å². The van der Waals surface area contributed by atoms with Crippen molar-refractivity contribution >= 4 is 35.6 Å². The third-order valence-electron chi connectivity index (χ3n) is 5.83. The standard InChI is InChI=1S/C26H23N3O5/c1-4-17-8-10-20(11-9-17)29-24(31)22(23(30)27-26(29)34)14-19-12-15(2)28(16(19)3)21-7-5-6-18(13-21)25(32)33/h5-14H,4H2,1-3H3,(H,32,33)(H,27,30,34)/b22-14-. The number of carbonyl (C=O) groups is 4. The summed E-state index contributed by atoms with van der Waals surface area (Å²) < 4.78 is 1.84. The number of imide groups is 2. The second-order valence-electron chi connectivity index (χ2n) is 8.00. The van der Waals surface area contributed by atoms with E-state index in [-0.39, 0.29) is 11.1 Å². The van der Waals surface area contributed by atoms with Crippen molar-refractivity contribution in [1.82, 2.24) is 9.88 Å². The Morgan fingerprint density at radius 2 is 1.71 bits per heavy atom. The topological polar surface area (TPSA) is 109 Å². The van der Waals surface area contributed by atoms with Gasteiger partial charge in [0, 0.05) is 17.1 Å². The first-order valence-electron chi connectivity index (χ1n) is 10.7. The highest BCUT2D eigenvalue weighted by Crippen LogP contribution is 2.26. The SMILES string of the molecule is CCc1ccc(N2C(=O)NC(=O)/C(=C/c3cc(C)n(-c4cccc(C(=O)O)c4)c3C)C2=O)cc1. The number of nitrogens with one attached hydrogen (secondary N) is 1. The lowest BCUT2D eigenvalue weighted by molar-refractivity contribution is -0.122. The summed E-state index contributed by atoms with van der Waals surface area (Å²) in [7, 11) is 0. The van der Waals surface area contributed by atoms with Gasteiger partial charge in [0.15, 0.2) is 0 Å². The summed E-state index contributed by atoms with van der Waals surface area (Å²) in [4.78, 5) is 50.5. The van der Waals surface area contributed by atoms with Crippen molar-refractivity contribution < 1.29 is 24.3 Å². The third kappa shape index (κ3) is 4.01. The normalized spacial score (nSPS) is 15.1. The minimum atomic E-state index is -1.03. The van der Waals surface area contributed by atoms with Gasteiger partial charge in [0.2, 0.25) is 0 Å². The summed E-state index contributed by atoms with van der Waals surface area (Å²) in [6, 6.07) is 14.5. The van der Waals surface area contributed by atoms with Gasteiger partial charge in [0.1, 0.15) is 5.57 Å². The van der Waals surface area contributed by atoms with Crippen molar-refractivity contribution in [3.05, 3.63) is 88.2 Å². The van der Waals surface area contributed by atoms with Crippen molar-refractivity contribution in [2.75, 3.05) is 4.90 Å². The van der Waals surface area contributed by atoms with Crippen LogP contribution in [0.1, 0.15) is 39.8 Å². The van der Waals surface area contributed by atoms with E-state index in [1.165, 1.54) is 12.1 Å². The highest BCUT2D eigenvalue weighted by molar-refractivity contribution is 6.39. The number of anilines is 1. The zero-order valence-corrected chi connectivity index (χ0v) is 19.0. The molecule has 0 spiro atoms. The molecule has 4 rings (SSSR count). The van der Waals surface area contributed by atoms with E-state index in [0.717, 1.165) is 22.6 Å². The molecule has 1 saturated heterocycles. The number of urea groups is 1. The number of amides is 4. The lowest BCUT2D eigenvalue weighted by Crippen LogP contribution is -2.54. The van der Waals surface area contributed by atoms with Gasteiger partial charge in [-0.05, 0) is 73.9 Å². The number of carbonyl (C=O) groups excluding carboxylic acids is 3. The van der Waals surface area contributed by atoms with Gasteiger partial charge in [-0.25, -0.2) is 14.5 Å². The molecule has 4 amide bonds. The number of rotatable bonds is 5. The van der Waals surface area contributed by atoms with Crippen LogP contribution in [0, 0.1) is 13.8 Å². The van der Waals surface area contributed by atoms with Crippen molar-refractivity contribution in [2.24, 2.45) is 0 Å². The Morgan fingerprint density at radius 1 is 1.00 bits per heavy atom. The maximum atomic E-state index is 13.2. The van der Waals surface area contributed by atoms with E-state index in [4.69, 9.17) is 0 Å². The molecule has 0 radical (unpaired) electrons. The molecule has 3 aromatic rings. The fourth-order valence-corrected chi connectivity index (χ4v) is 4.04. The lowest BCUT2D eigenvalue weighted by atomic mass is 10.1. The summed E-state index contributed by atoms with van der Waals surface area (Å²) in [5, 5.41) is 11.5. The second-order valence-corrected chi connectivity index (χ2v) is 8.00. The van der Waals surface area contributed by atoms with E-state index < -0.39 is 23.8 Å². The molecule has 0 aliphatic carbocycles. The molecule has 2 aromatic carbocycles. The molecular formula is C26H23N3O5. The predicted molar refractivity (Wildman–Crippen MR) is 127 cm³/mol. The Morgan fingerprint density at radius 3 is 2.35 bits per heavy atom. The average molecular weight is 457 g/mol. The van der Waals surface area contributed by atoms with Gasteiger partial charge in [-0.15, -0.1) is 0 Å². The van der Waals surface area contributed by atoms with Crippen LogP contribution < -0.4 is 10.2 Å². The van der Waals surface area contributed by atoms with Gasteiger partial charge in [0.25, 0.3) is 11.8 Å². The summed E-state index contributed by atoms with van der Waals surface area (Å²) in [6.07, 6.45) is 2.27. The van der Waals surface area contributed by atoms with Crippen LogP contribution in [0.5, 0.6) is 0 Å². The molecule has 0 bridgehead atoms. The zero-order valence-electron chi connectivity index (χ0n) is 19.0. The second kappa shape index (κ2) is 8.82. The van der Waals surface area contributed by atoms with Crippen LogP contribution in [-0.2, 0) is 16.0 Å². The van der Waals surface area contributed by atoms with E-state index in [9.17, 15) is 24.3 Å². The van der Waals surface area contributed by atoms with Crippen LogP contribution in [-0.4, -0.2) is 33.5 Å². The van der Waals surface area contributed by atoms with Gasteiger partial charge in [-0.3, -0.25) is 14.9 Å². The van der Waals surface area contributed by atoms with Crippen LogP contribution in [0.2, 0.25) is 0 Å². The minimum Gasteiger partial charge on any atom is -0.478 e. The molecule has 8 heteroatoms. The van der Waals surface area contributed by atoms with Crippen LogP contribution in [0.3, 0.4) is 0 Å². The first kappa shape index (κ1) is 22.7. The number of carboxylic acids is 1. The Labute approximate surface area is 196 Å². The van der Waals surface area contributed by atoms with Crippen molar-refractivity contribution in [2.45, 2.75) is 27.2 Å². The largest absolute Gasteiger partial charge is 0.478 e. The molecule has 1 fully saturated rings. The molecule has 0 saturated carbocycles. The van der Waals surface area contributed by atoms with E-state index in [1.54, 1.807) is 36.4 Å². The lowest BCUT2D eigenvalue weighted by Gasteiger charge is -2.26. The molecule has 2 heterocycles. The first-order chi connectivity index (χ1) is 16.2. The molecule has 172 valence electrons. The Hall–Kier alpha value is -4.46. The molecule has 0 unspecified atom stereocenters. The highest BCUT2D eigenvalue weighted by Gasteiger charge is 2.37. The monoisotopic (exact) mass is 457 g/mol. The van der Waals surface area contributed by atoms with E-state index >= 15 is 0 Å². The Balaban J connectivity index is 1.74. The van der Waals surface area contributed by atoms with Crippen molar-refractivity contribution in [3.63, 3.8) is 0 Å². The van der Waals surface area contributed by atoms with Gasteiger partial charge in [-0.1, -0.05) is 25.1 Å². The number of aryl methyl sites for hydroxylation is 2. The number of nitrogens with zero attached hydrogens (tertiary/aromatic N) is 2. The Kier molecular flexibility index (Phi) is 5.89. The summed E-state index contributed by atoms with van der Waals surface area (Å²) in [5.74, 6) is -2.52. The maximum absolute atomic E-state index is 13.2.